The van der Waals surface area contributed by atoms with Gasteiger partial charge in [-0.05, 0) is 43.5 Å². The molecule has 2 heteroatoms. The van der Waals surface area contributed by atoms with Gasteiger partial charge in [-0.15, -0.1) is 0 Å². The summed E-state index contributed by atoms with van der Waals surface area (Å²) in [6.07, 6.45) is 5.44. The molecule has 0 aliphatic carbocycles. The van der Waals surface area contributed by atoms with E-state index in [2.05, 4.69) is 29.6 Å². The molecule has 0 unspecified atom stereocenters. The summed E-state index contributed by atoms with van der Waals surface area (Å²) < 4.78 is 5.17. The SMILES string of the molecule is COc1ccc([C@@H]2CCCCC[NH2+]2)cc1. The van der Waals surface area contributed by atoms with E-state index in [0.29, 0.717) is 6.04 Å². The highest BCUT2D eigenvalue weighted by Crippen LogP contribution is 2.20. The predicted octanol–water partition coefficient (Wildman–Crippen LogP) is 1.87. The second kappa shape index (κ2) is 5.17. The summed E-state index contributed by atoms with van der Waals surface area (Å²) in [5.74, 6) is 0.951. The molecule has 1 aliphatic rings. The largest absolute Gasteiger partial charge is 0.497 e. The summed E-state index contributed by atoms with van der Waals surface area (Å²) in [5, 5.41) is 2.48. The smallest absolute Gasteiger partial charge is 0.118 e. The van der Waals surface area contributed by atoms with Crippen LogP contribution in [0.1, 0.15) is 37.3 Å². The third kappa shape index (κ3) is 2.72. The van der Waals surface area contributed by atoms with Crippen molar-refractivity contribution in [1.29, 1.82) is 0 Å². The molecule has 0 amide bonds. The Labute approximate surface area is 91.6 Å². The zero-order chi connectivity index (χ0) is 10.5. The van der Waals surface area contributed by atoms with Gasteiger partial charge in [-0.25, -0.2) is 0 Å². The van der Waals surface area contributed by atoms with Crippen molar-refractivity contribution >= 4 is 0 Å². The van der Waals surface area contributed by atoms with Crippen LogP contribution in [0.4, 0.5) is 0 Å². The number of hydrogen-bond donors (Lipinski definition) is 1. The van der Waals surface area contributed by atoms with E-state index in [-0.39, 0.29) is 0 Å². The van der Waals surface area contributed by atoms with Gasteiger partial charge in [0.25, 0.3) is 0 Å². The summed E-state index contributed by atoms with van der Waals surface area (Å²) in [5.41, 5.74) is 1.44. The van der Waals surface area contributed by atoms with Gasteiger partial charge in [0, 0.05) is 12.0 Å². The van der Waals surface area contributed by atoms with Crippen LogP contribution in [0.25, 0.3) is 0 Å². The average molecular weight is 206 g/mol. The average Bonchev–Trinajstić information content (AvgIpc) is 2.58. The molecule has 1 heterocycles. The van der Waals surface area contributed by atoms with Gasteiger partial charge in [0.2, 0.25) is 0 Å². The molecule has 0 bridgehead atoms. The molecule has 2 N–H and O–H groups in total. The Hall–Kier alpha value is -1.02. The van der Waals surface area contributed by atoms with Crippen LogP contribution >= 0.6 is 0 Å². The molecular weight excluding hydrogens is 186 g/mol. The van der Waals surface area contributed by atoms with Crippen molar-refractivity contribution in [2.75, 3.05) is 13.7 Å². The molecule has 0 aromatic heterocycles. The first-order valence-electron chi connectivity index (χ1n) is 5.87. The van der Waals surface area contributed by atoms with Gasteiger partial charge in [-0.3, -0.25) is 0 Å². The number of rotatable bonds is 2. The molecule has 1 atom stereocenters. The van der Waals surface area contributed by atoms with Crippen molar-refractivity contribution in [2.24, 2.45) is 0 Å². The second-order valence-corrected chi connectivity index (χ2v) is 4.25. The number of ether oxygens (including phenoxy) is 1. The minimum absolute atomic E-state index is 0.665. The van der Waals surface area contributed by atoms with Gasteiger partial charge >= 0.3 is 0 Å². The van der Waals surface area contributed by atoms with Crippen molar-refractivity contribution in [1.82, 2.24) is 0 Å². The van der Waals surface area contributed by atoms with Crippen LogP contribution in [0.3, 0.4) is 0 Å². The van der Waals surface area contributed by atoms with Crippen LogP contribution in [0.2, 0.25) is 0 Å². The highest BCUT2D eigenvalue weighted by Gasteiger charge is 2.16. The molecule has 0 spiro atoms. The van der Waals surface area contributed by atoms with Crippen molar-refractivity contribution in [2.45, 2.75) is 31.7 Å². The molecule has 1 aromatic rings. The first-order chi connectivity index (χ1) is 7.40. The second-order valence-electron chi connectivity index (χ2n) is 4.25. The predicted molar refractivity (Wildman–Crippen MR) is 61.0 cm³/mol. The molecule has 2 nitrogen and oxygen atoms in total. The Bertz CT molecular complexity index is 286. The third-order valence-electron chi connectivity index (χ3n) is 3.21. The van der Waals surface area contributed by atoms with Gasteiger partial charge in [0.15, 0.2) is 0 Å². The Morgan fingerprint density at radius 2 is 1.93 bits per heavy atom. The summed E-state index contributed by atoms with van der Waals surface area (Å²) in [6, 6.07) is 9.19. The van der Waals surface area contributed by atoms with Crippen LogP contribution in [-0.2, 0) is 0 Å². The Morgan fingerprint density at radius 1 is 1.13 bits per heavy atom. The molecule has 1 aromatic carbocycles. The minimum Gasteiger partial charge on any atom is -0.497 e. The molecule has 15 heavy (non-hydrogen) atoms. The fraction of sp³-hybridized carbons (Fsp3) is 0.538. The number of nitrogens with two attached hydrogens (primary N) is 1. The standard InChI is InChI=1S/C13H19NO/c1-15-12-8-6-11(7-9-12)13-5-3-2-4-10-14-13/h6-9,13-14H,2-5,10H2,1H3/p+1/t13-/m0/s1. The highest BCUT2D eigenvalue weighted by molar-refractivity contribution is 5.28. The summed E-state index contributed by atoms with van der Waals surface area (Å²) in [7, 11) is 1.72. The van der Waals surface area contributed by atoms with Gasteiger partial charge in [-0.1, -0.05) is 0 Å². The zero-order valence-corrected chi connectivity index (χ0v) is 9.41. The van der Waals surface area contributed by atoms with E-state index in [9.17, 15) is 0 Å². The lowest BCUT2D eigenvalue weighted by molar-refractivity contribution is -0.694. The lowest BCUT2D eigenvalue weighted by atomic mass is 10.0. The van der Waals surface area contributed by atoms with Crippen LogP contribution in [0.15, 0.2) is 24.3 Å². The third-order valence-corrected chi connectivity index (χ3v) is 3.21. The molecule has 1 aliphatic heterocycles. The van der Waals surface area contributed by atoms with Crippen molar-refractivity contribution in [3.63, 3.8) is 0 Å². The Balaban J connectivity index is 2.06. The molecule has 1 fully saturated rings. The van der Waals surface area contributed by atoms with E-state index in [1.807, 2.05) is 0 Å². The van der Waals surface area contributed by atoms with E-state index in [0.717, 1.165) is 5.75 Å². The van der Waals surface area contributed by atoms with Crippen molar-refractivity contribution in [3.8, 4) is 5.75 Å². The topological polar surface area (TPSA) is 25.8 Å². The first kappa shape index (κ1) is 10.5. The quantitative estimate of drug-likeness (QED) is 0.785. The monoisotopic (exact) mass is 206 g/mol. The lowest BCUT2D eigenvalue weighted by Crippen LogP contribution is -2.84. The molecule has 0 saturated carbocycles. The summed E-state index contributed by atoms with van der Waals surface area (Å²) in [4.78, 5) is 0. The minimum atomic E-state index is 0.665. The van der Waals surface area contributed by atoms with E-state index < -0.39 is 0 Å². The molecule has 0 radical (unpaired) electrons. The molecular formula is C13H20NO+. The van der Waals surface area contributed by atoms with E-state index >= 15 is 0 Å². The molecule has 82 valence electrons. The Kier molecular flexibility index (Phi) is 3.62. The van der Waals surface area contributed by atoms with Crippen LogP contribution in [0, 0.1) is 0 Å². The molecule has 2 rings (SSSR count). The maximum Gasteiger partial charge on any atom is 0.118 e. The van der Waals surface area contributed by atoms with Crippen LogP contribution in [0.5, 0.6) is 5.75 Å². The van der Waals surface area contributed by atoms with Gasteiger partial charge in [0.1, 0.15) is 11.8 Å². The maximum absolute atomic E-state index is 5.17. The fourth-order valence-electron chi connectivity index (χ4n) is 2.28. The highest BCUT2D eigenvalue weighted by atomic mass is 16.5. The van der Waals surface area contributed by atoms with Crippen LogP contribution < -0.4 is 10.1 Å². The van der Waals surface area contributed by atoms with Crippen molar-refractivity contribution in [3.05, 3.63) is 29.8 Å². The van der Waals surface area contributed by atoms with E-state index in [1.165, 1.54) is 37.8 Å². The first-order valence-corrected chi connectivity index (χ1v) is 5.87. The summed E-state index contributed by atoms with van der Waals surface area (Å²) in [6.45, 7) is 1.27. The normalized spacial score (nSPS) is 22.1. The number of benzene rings is 1. The lowest BCUT2D eigenvalue weighted by Gasteiger charge is -2.13. The van der Waals surface area contributed by atoms with E-state index in [4.69, 9.17) is 4.74 Å². The Morgan fingerprint density at radius 3 is 2.67 bits per heavy atom. The van der Waals surface area contributed by atoms with Gasteiger partial charge in [-0.2, -0.15) is 0 Å². The molecule has 1 saturated heterocycles. The summed E-state index contributed by atoms with van der Waals surface area (Å²) >= 11 is 0. The number of hydrogen-bond acceptors (Lipinski definition) is 1. The van der Waals surface area contributed by atoms with Crippen LogP contribution in [-0.4, -0.2) is 13.7 Å². The fourth-order valence-corrected chi connectivity index (χ4v) is 2.28. The number of quaternary nitrogens is 1. The van der Waals surface area contributed by atoms with Gasteiger partial charge in [0.05, 0.1) is 13.7 Å². The van der Waals surface area contributed by atoms with Gasteiger partial charge < -0.3 is 10.1 Å². The van der Waals surface area contributed by atoms with E-state index in [1.54, 1.807) is 7.11 Å². The zero-order valence-electron chi connectivity index (χ0n) is 9.41. The van der Waals surface area contributed by atoms with Crippen molar-refractivity contribution < 1.29 is 10.1 Å². The maximum atomic E-state index is 5.17. The number of methoxy groups -OCH3 is 1.